The number of aromatic hydroxyl groups is 1. The smallest absolute Gasteiger partial charge is 0.355 e. The van der Waals surface area contributed by atoms with Crippen molar-refractivity contribution in [2.75, 3.05) is 19.1 Å². The molecule has 0 radical (unpaired) electrons. The molecule has 2 N–H and O–H groups in total. The third-order valence-corrected chi connectivity index (χ3v) is 4.22. The molecule has 7 nitrogen and oxygen atoms in total. The molecule has 0 aliphatic heterocycles. The van der Waals surface area contributed by atoms with Crippen molar-refractivity contribution in [3.63, 3.8) is 0 Å². The molecule has 148 valence electrons. The monoisotopic (exact) mass is 404 g/mol. The van der Waals surface area contributed by atoms with Crippen molar-refractivity contribution in [2.45, 2.75) is 13.8 Å². The van der Waals surface area contributed by atoms with Crippen LogP contribution in [0.3, 0.4) is 0 Å². The number of hydrogen-bond donors (Lipinski definition) is 2. The van der Waals surface area contributed by atoms with Crippen molar-refractivity contribution in [1.82, 2.24) is 0 Å². The van der Waals surface area contributed by atoms with Gasteiger partial charge in [0.1, 0.15) is 11.5 Å². The van der Waals surface area contributed by atoms with Gasteiger partial charge in [0.25, 0.3) is 0 Å². The molecule has 0 heterocycles. The second kappa shape index (κ2) is 9.75. The molecule has 8 heteroatoms. The molecule has 2 rings (SSSR count). The van der Waals surface area contributed by atoms with E-state index < -0.39 is 11.9 Å². The van der Waals surface area contributed by atoms with Gasteiger partial charge in [-0.1, -0.05) is 11.6 Å². The van der Waals surface area contributed by atoms with Crippen LogP contribution in [0, 0.1) is 5.92 Å². The number of phenols is 1. The second-order valence-electron chi connectivity index (χ2n) is 5.81. The van der Waals surface area contributed by atoms with Gasteiger partial charge in [-0.05, 0) is 50.2 Å². The van der Waals surface area contributed by atoms with Crippen LogP contribution < -0.4 is 10.2 Å². The highest BCUT2D eigenvalue weighted by molar-refractivity contribution is 6.42. The van der Waals surface area contributed by atoms with E-state index in [0.29, 0.717) is 17.0 Å². The number of phenolic OH excluding ortho intramolecular Hbond substituents is 1. The van der Waals surface area contributed by atoms with E-state index in [1.807, 2.05) is 0 Å². The highest BCUT2D eigenvalue weighted by Gasteiger charge is 2.28. The number of ketones is 1. The number of rotatable bonds is 8. The summed E-state index contributed by atoms with van der Waals surface area (Å²) in [7, 11) is 1.53. The van der Waals surface area contributed by atoms with E-state index >= 15 is 0 Å². The fourth-order valence-corrected chi connectivity index (χ4v) is 2.59. The lowest BCUT2D eigenvalue weighted by atomic mass is 9.95. The maximum atomic E-state index is 12.8. The van der Waals surface area contributed by atoms with E-state index in [1.54, 1.807) is 38.1 Å². The minimum atomic E-state index is -0.865. The predicted octanol–water partition coefficient (Wildman–Crippen LogP) is 3.90. The van der Waals surface area contributed by atoms with Gasteiger partial charge in [0.15, 0.2) is 11.5 Å². The average molecular weight is 405 g/mol. The summed E-state index contributed by atoms with van der Waals surface area (Å²) < 4.78 is 10.1. The molecule has 0 bridgehead atoms. The Balaban J connectivity index is 2.29. The second-order valence-corrected chi connectivity index (χ2v) is 6.22. The minimum Gasteiger partial charge on any atom is -0.508 e. The van der Waals surface area contributed by atoms with Crippen molar-refractivity contribution in [3.05, 3.63) is 53.1 Å². The van der Waals surface area contributed by atoms with Gasteiger partial charge in [-0.2, -0.15) is 5.10 Å². The van der Waals surface area contributed by atoms with Gasteiger partial charge in [-0.3, -0.25) is 10.2 Å². The first-order valence-corrected chi connectivity index (χ1v) is 8.92. The molecule has 0 fully saturated rings. The standard InChI is InChI=1S/C20H21ClN2O5/c1-4-28-20(26)18(23-22-17-10-7-14(24)11-16(17)21)12(2)19(25)13-5-8-15(27-3)9-6-13/h5-12,22,24H,4H2,1-3H3/b23-18-. The number of nitrogens with one attached hydrogen (secondary N) is 1. The first kappa shape index (κ1) is 21.2. The first-order chi connectivity index (χ1) is 13.4. The van der Waals surface area contributed by atoms with Crippen molar-refractivity contribution >= 4 is 34.8 Å². The van der Waals surface area contributed by atoms with E-state index in [2.05, 4.69) is 10.5 Å². The van der Waals surface area contributed by atoms with Gasteiger partial charge >= 0.3 is 5.97 Å². The number of nitrogens with zero attached hydrogens (tertiary/aromatic N) is 1. The van der Waals surface area contributed by atoms with E-state index in [0.717, 1.165) is 0 Å². The zero-order valence-electron chi connectivity index (χ0n) is 15.7. The summed E-state index contributed by atoms with van der Waals surface area (Å²) in [5.74, 6) is -1.26. The van der Waals surface area contributed by atoms with Crippen molar-refractivity contribution in [1.29, 1.82) is 0 Å². The molecule has 0 saturated heterocycles. The summed E-state index contributed by atoms with van der Waals surface area (Å²) in [6.07, 6.45) is 0. The molecule has 2 aromatic carbocycles. The van der Waals surface area contributed by atoms with Crippen LogP contribution in [-0.4, -0.2) is 36.3 Å². The highest BCUT2D eigenvalue weighted by atomic mass is 35.5. The van der Waals surface area contributed by atoms with Crippen molar-refractivity contribution in [2.24, 2.45) is 11.0 Å². The van der Waals surface area contributed by atoms with Crippen LogP contribution in [0.25, 0.3) is 0 Å². The van der Waals surface area contributed by atoms with Crippen molar-refractivity contribution in [3.8, 4) is 11.5 Å². The number of carbonyl (C=O) groups excluding carboxylic acids is 2. The van der Waals surface area contributed by atoms with Gasteiger partial charge in [-0.15, -0.1) is 0 Å². The SMILES string of the molecule is CCOC(=O)/C(=N\Nc1ccc(O)cc1Cl)C(C)C(=O)c1ccc(OC)cc1. The van der Waals surface area contributed by atoms with Crippen LogP contribution in [0.5, 0.6) is 11.5 Å². The van der Waals surface area contributed by atoms with Gasteiger partial charge in [0.2, 0.25) is 0 Å². The van der Waals surface area contributed by atoms with Crippen LogP contribution in [0.2, 0.25) is 5.02 Å². The molecule has 0 saturated carbocycles. The van der Waals surface area contributed by atoms with Crippen LogP contribution in [0.1, 0.15) is 24.2 Å². The predicted molar refractivity (Wildman–Crippen MR) is 107 cm³/mol. The van der Waals surface area contributed by atoms with Crippen molar-refractivity contribution < 1.29 is 24.2 Å². The molecule has 1 atom stereocenters. The Morgan fingerprint density at radius 3 is 2.46 bits per heavy atom. The Morgan fingerprint density at radius 2 is 1.89 bits per heavy atom. The molecule has 28 heavy (non-hydrogen) atoms. The van der Waals surface area contributed by atoms with Gasteiger partial charge in [0, 0.05) is 11.6 Å². The lowest BCUT2D eigenvalue weighted by Gasteiger charge is -2.14. The number of carbonyl (C=O) groups is 2. The summed E-state index contributed by atoms with van der Waals surface area (Å²) in [6, 6.07) is 10.8. The number of Topliss-reactive ketones (excluding diaryl/α,β-unsaturated/α-hetero) is 1. The van der Waals surface area contributed by atoms with E-state index in [9.17, 15) is 14.7 Å². The zero-order valence-corrected chi connectivity index (χ0v) is 16.5. The number of esters is 1. The van der Waals surface area contributed by atoms with Gasteiger partial charge < -0.3 is 14.6 Å². The maximum absolute atomic E-state index is 12.8. The molecule has 0 aliphatic rings. The lowest BCUT2D eigenvalue weighted by Crippen LogP contribution is -2.31. The fraction of sp³-hybridized carbons (Fsp3) is 0.250. The quantitative estimate of drug-likeness (QED) is 0.228. The normalized spacial score (nSPS) is 12.2. The Kier molecular flexibility index (Phi) is 7.40. The minimum absolute atomic E-state index is 0.00630. The number of anilines is 1. The first-order valence-electron chi connectivity index (χ1n) is 8.54. The molecule has 0 spiro atoms. The summed E-state index contributed by atoms with van der Waals surface area (Å²) in [6.45, 7) is 3.37. The molecule has 1 unspecified atom stereocenters. The van der Waals surface area contributed by atoms with E-state index in [4.69, 9.17) is 21.1 Å². The van der Waals surface area contributed by atoms with Crippen LogP contribution in [0.15, 0.2) is 47.6 Å². The molecule has 2 aromatic rings. The van der Waals surface area contributed by atoms with Gasteiger partial charge in [0.05, 0.1) is 30.3 Å². The highest BCUT2D eigenvalue weighted by Crippen LogP contribution is 2.26. The summed E-state index contributed by atoms with van der Waals surface area (Å²) >= 11 is 6.03. The van der Waals surface area contributed by atoms with Crippen LogP contribution in [0.4, 0.5) is 5.69 Å². The lowest BCUT2D eigenvalue weighted by molar-refractivity contribution is -0.135. The average Bonchev–Trinajstić information content (AvgIpc) is 2.69. The number of benzene rings is 2. The molecular weight excluding hydrogens is 384 g/mol. The largest absolute Gasteiger partial charge is 0.508 e. The third kappa shape index (κ3) is 5.23. The summed E-state index contributed by atoms with van der Waals surface area (Å²) in [5.41, 5.74) is 3.34. The summed E-state index contributed by atoms with van der Waals surface area (Å²) in [4.78, 5) is 25.1. The van der Waals surface area contributed by atoms with Crippen LogP contribution >= 0.6 is 11.6 Å². The number of methoxy groups -OCH3 is 1. The zero-order chi connectivity index (χ0) is 20.7. The number of hydrazone groups is 1. The molecule has 0 aromatic heterocycles. The Morgan fingerprint density at radius 1 is 1.21 bits per heavy atom. The molecular formula is C20H21ClN2O5. The number of halogens is 1. The third-order valence-electron chi connectivity index (χ3n) is 3.91. The Labute approximate surface area is 167 Å². The topological polar surface area (TPSA) is 97.2 Å². The fourth-order valence-electron chi connectivity index (χ4n) is 2.37. The van der Waals surface area contributed by atoms with E-state index in [1.165, 1.54) is 25.3 Å². The number of hydrogen-bond acceptors (Lipinski definition) is 7. The number of ether oxygens (including phenoxy) is 2. The summed E-state index contributed by atoms with van der Waals surface area (Å²) in [5, 5.41) is 13.7. The van der Waals surface area contributed by atoms with Gasteiger partial charge in [-0.25, -0.2) is 4.79 Å². The van der Waals surface area contributed by atoms with E-state index in [-0.39, 0.29) is 28.9 Å². The Bertz CT molecular complexity index is 881. The Hall–Kier alpha value is -3.06. The molecule has 0 aliphatic carbocycles. The molecule has 0 amide bonds. The maximum Gasteiger partial charge on any atom is 0.355 e. The van der Waals surface area contributed by atoms with Crippen LogP contribution in [-0.2, 0) is 9.53 Å².